The summed E-state index contributed by atoms with van der Waals surface area (Å²) in [4.78, 5) is 24.5. The van der Waals surface area contributed by atoms with Gasteiger partial charge in [-0.1, -0.05) is 19.1 Å². The van der Waals surface area contributed by atoms with E-state index in [-0.39, 0.29) is 37.3 Å². The summed E-state index contributed by atoms with van der Waals surface area (Å²) >= 11 is 0. The summed E-state index contributed by atoms with van der Waals surface area (Å²) in [5, 5.41) is 8.90. The SMILES string of the molecule is CC1CC(=O)N(CCOc2ccccc2C#N)C1=O. The second kappa shape index (κ2) is 5.53. The Bertz CT molecular complexity index is 548. The highest BCUT2D eigenvalue weighted by Gasteiger charge is 2.35. The number of likely N-dealkylation sites (tertiary alicyclic amines) is 1. The molecular weight excluding hydrogens is 244 g/mol. The minimum atomic E-state index is -0.237. The molecule has 0 aliphatic carbocycles. The summed E-state index contributed by atoms with van der Waals surface area (Å²) in [5.74, 6) is -0.0760. The molecular formula is C14H14N2O3. The highest BCUT2D eigenvalue weighted by Crippen LogP contribution is 2.19. The molecule has 2 rings (SSSR count). The molecule has 2 amide bonds. The van der Waals surface area contributed by atoms with Crippen molar-refractivity contribution in [3.05, 3.63) is 29.8 Å². The molecule has 5 nitrogen and oxygen atoms in total. The van der Waals surface area contributed by atoms with Gasteiger partial charge in [-0.25, -0.2) is 0 Å². The largest absolute Gasteiger partial charge is 0.490 e. The van der Waals surface area contributed by atoms with Crippen molar-refractivity contribution < 1.29 is 14.3 Å². The molecule has 0 spiro atoms. The smallest absolute Gasteiger partial charge is 0.232 e. The predicted molar refractivity (Wildman–Crippen MR) is 67.2 cm³/mol. The third kappa shape index (κ3) is 2.74. The fourth-order valence-electron chi connectivity index (χ4n) is 2.02. The van der Waals surface area contributed by atoms with Crippen LogP contribution in [-0.4, -0.2) is 29.9 Å². The zero-order valence-electron chi connectivity index (χ0n) is 10.6. The molecule has 1 aliphatic heterocycles. The van der Waals surface area contributed by atoms with Crippen LogP contribution in [0.5, 0.6) is 5.75 Å². The van der Waals surface area contributed by atoms with Crippen molar-refractivity contribution in [3.8, 4) is 11.8 Å². The second-order valence-electron chi connectivity index (χ2n) is 4.45. The van der Waals surface area contributed by atoms with Gasteiger partial charge in [0, 0.05) is 12.3 Å². The fraction of sp³-hybridized carbons (Fsp3) is 0.357. The zero-order chi connectivity index (χ0) is 13.8. The molecule has 1 aromatic carbocycles. The summed E-state index contributed by atoms with van der Waals surface area (Å²) in [6.07, 6.45) is 0.271. The minimum Gasteiger partial charge on any atom is -0.490 e. The van der Waals surface area contributed by atoms with E-state index >= 15 is 0 Å². The molecule has 98 valence electrons. The van der Waals surface area contributed by atoms with Crippen LogP contribution in [0.2, 0.25) is 0 Å². The molecule has 1 aliphatic rings. The quantitative estimate of drug-likeness (QED) is 0.764. The van der Waals surface area contributed by atoms with Crippen molar-refractivity contribution in [1.82, 2.24) is 4.90 Å². The van der Waals surface area contributed by atoms with Crippen molar-refractivity contribution in [2.24, 2.45) is 5.92 Å². The van der Waals surface area contributed by atoms with E-state index < -0.39 is 0 Å². The Morgan fingerprint density at radius 2 is 2.16 bits per heavy atom. The van der Waals surface area contributed by atoms with Crippen molar-refractivity contribution >= 4 is 11.8 Å². The van der Waals surface area contributed by atoms with Crippen LogP contribution in [0.1, 0.15) is 18.9 Å². The third-order valence-corrected chi connectivity index (χ3v) is 3.05. The number of amides is 2. The molecule has 0 N–H and O–H groups in total. The average molecular weight is 258 g/mol. The van der Waals surface area contributed by atoms with Gasteiger partial charge in [0.1, 0.15) is 18.4 Å². The van der Waals surface area contributed by atoms with Crippen LogP contribution in [-0.2, 0) is 9.59 Å². The standard InChI is InChI=1S/C14H14N2O3/c1-10-8-13(17)16(14(10)18)6-7-19-12-5-3-2-4-11(12)9-15/h2-5,10H,6-8H2,1H3. The fourth-order valence-corrected chi connectivity index (χ4v) is 2.02. The van der Waals surface area contributed by atoms with Gasteiger partial charge in [0.05, 0.1) is 12.1 Å². The molecule has 19 heavy (non-hydrogen) atoms. The molecule has 0 radical (unpaired) electrons. The molecule has 0 aromatic heterocycles. The second-order valence-corrected chi connectivity index (χ2v) is 4.45. The Balaban J connectivity index is 1.92. The number of carbonyl (C=O) groups excluding carboxylic acids is 2. The summed E-state index contributed by atoms with van der Waals surface area (Å²) < 4.78 is 5.45. The van der Waals surface area contributed by atoms with Crippen LogP contribution in [0, 0.1) is 17.2 Å². The molecule has 1 saturated heterocycles. The lowest BCUT2D eigenvalue weighted by atomic mass is 10.1. The van der Waals surface area contributed by atoms with Gasteiger partial charge >= 0.3 is 0 Å². The predicted octanol–water partition coefficient (Wildman–Crippen LogP) is 1.33. The summed E-state index contributed by atoms with van der Waals surface area (Å²) in [6.45, 7) is 2.16. The monoisotopic (exact) mass is 258 g/mol. The van der Waals surface area contributed by atoms with Gasteiger partial charge in [-0.15, -0.1) is 0 Å². The summed E-state index contributed by atoms with van der Waals surface area (Å²) in [6, 6.07) is 8.89. The first-order valence-electron chi connectivity index (χ1n) is 6.09. The van der Waals surface area contributed by atoms with E-state index in [0.717, 1.165) is 0 Å². The van der Waals surface area contributed by atoms with Gasteiger partial charge in [-0.3, -0.25) is 14.5 Å². The maximum absolute atomic E-state index is 11.7. The van der Waals surface area contributed by atoms with Gasteiger partial charge in [0.2, 0.25) is 11.8 Å². The van der Waals surface area contributed by atoms with Crippen molar-refractivity contribution in [1.29, 1.82) is 5.26 Å². The van der Waals surface area contributed by atoms with Gasteiger partial charge in [-0.2, -0.15) is 5.26 Å². The van der Waals surface area contributed by atoms with E-state index in [1.165, 1.54) is 4.90 Å². The zero-order valence-corrected chi connectivity index (χ0v) is 10.6. The van der Waals surface area contributed by atoms with E-state index in [0.29, 0.717) is 11.3 Å². The molecule has 5 heteroatoms. The summed E-state index contributed by atoms with van der Waals surface area (Å²) in [5.41, 5.74) is 0.440. The van der Waals surface area contributed by atoms with E-state index in [9.17, 15) is 9.59 Å². The van der Waals surface area contributed by atoms with Crippen LogP contribution >= 0.6 is 0 Å². The number of para-hydroxylation sites is 1. The Hall–Kier alpha value is -2.35. The molecule has 1 atom stereocenters. The van der Waals surface area contributed by atoms with E-state index in [4.69, 9.17) is 10.00 Å². The lowest BCUT2D eigenvalue weighted by Crippen LogP contribution is -2.34. The highest BCUT2D eigenvalue weighted by molar-refractivity contribution is 6.03. The number of carbonyl (C=O) groups is 2. The number of nitrogens with zero attached hydrogens (tertiary/aromatic N) is 2. The third-order valence-electron chi connectivity index (χ3n) is 3.05. The van der Waals surface area contributed by atoms with Gasteiger partial charge in [0.25, 0.3) is 0 Å². The Labute approximate surface area is 111 Å². The number of imide groups is 1. The van der Waals surface area contributed by atoms with Crippen LogP contribution < -0.4 is 4.74 Å². The normalized spacial score (nSPS) is 18.5. The molecule has 1 unspecified atom stereocenters. The van der Waals surface area contributed by atoms with Crippen LogP contribution in [0.25, 0.3) is 0 Å². The number of benzene rings is 1. The first-order chi connectivity index (χ1) is 9.13. The van der Waals surface area contributed by atoms with E-state index in [2.05, 4.69) is 0 Å². The Morgan fingerprint density at radius 3 is 2.79 bits per heavy atom. The number of rotatable bonds is 4. The lowest BCUT2D eigenvalue weighted by Gasteiger charge is -2.15. The lowest BCUT2D eigenvalue weighted by molar-refractivity contribution is -0.139. The van der Waals surface area contributed by atoms with E-state index in [1.54, 1.807) is 31.2 Å². The Morgan fingerprint density at radius 1 is 1.42 bits per heavy atom. The Kier molecular flexibility index (Phi) is 3.81. The van der Waals surface area contributed by atoms with E-state index in [1.807, 2.05) is 6.07 Å². The number of nitriles is 1. The minimum absolute atomic E-state index is 0.151. The first-order valence-corrected chi connectivity index (χ1v) is 6.09. The number of hydrogen-bond acceptors (Lipinski definition) is 4. The topological polar surface area (TPSA) is 70.4 Å². The maximum atomic E-state index is 11.7. The van der Waals surface area contributed by atoms with Gasteiger partial charge < -0.3 is 4.74 Å². The van der Waals surface area contributed by atoms with Crippen LogP contribution in [0.15, 0.2) is 24.3 Å². The van der Waals surface area contributed by atoms with Crippen molar-refractivity contribution in [2.45, 2.75) is 13.3 Å². The molecule has 1 heterocycles. The highest BCUT2D eigenvalue weighted by atomic mass is 16.5. The van der Waals surface area contributed by atoms with Crippen LogP contribution in [0.4, 0.5) is 0 Å². The van der Waals surface area contributed by atoms with Gasteiger partial charge in [0.15, 0.2) is 0 Å². The average Bonchev–Trinajstić information content (AvgIpc) is 2.65. The number of ether oxygens (including phenoxy) is 1. The van der Waals surface area contributed by atoms with Crippen molar-refractivity contribution in [3.63, 3.8) is 0 Å². The number of hydrogen-bond donors (Lipinski definition) is 0. The first kappa shape index (κ1) is 13.1. The van der Waals surface area contributed by atoms with Crippen molar-refractivity contribution in [2.75, 3.05) is 13.2 Å². The molecule has 0 bridgehead atoms. The molecule has 1 aromatic rings. The molecule has 1 fully saturated rings. The van der Waals surface area contributed by atoms with Crippen LogP contribution in [0.3, 0.4) is 0 Å². The maximum Gasteiger partial charge on any atom is 0.232 e. The summed E-state index contributed by atoms with van der Waals surface area (Å²) in [7, 11) is 0. The van der Waals surface area contributed by atoms with Gasteiger partial charge in [-0.05, 0) is 12.1 Å². The molecule has 0 saturated carbocycles.